The number of nitrogens with two attached hydrogens (primary N) is 1. The molecule has 0 aliphatic heterocycles. The molecule has 18 heavy (non-hydrogen) atoms. The van der Waals surface area contributed by atoms with Gasteiger partial charge in [0, 0.05) is 22.8 Å². The first-order valence-corrected chi connectivity index (χ1v) is 6.39. The third-order valence-electron chi connectivity index (χ3n) is 2.81. The Morgan fingerprint density at radius 1 is 1.39 bits per heavy atom. The normalized spacial score (nSPS) is 13.0. The Morgan fingerprint density at radius 2 is 2.28 bits per heavy atom. The second-order valence-corrected chi connectivity index (χ2v) is 5.09. The molecule has 2 heterocycles. The lowest BCUT2D eigenvalue weighted by molar-refractivity contribution is 0.671. The van der Waals surface area contributed by atoms with Crippen LogP contribution in [-0.2, 0) is 6.42 Å². The average Bonchev–Trinajstić information content (AvgIpc) is 2.96. The van der Waals surface area contributed by atoms with Gasteiger partial charge in [-0.15, -0.1) is 0 Å². The van der Waals surface area contributed by atoms with Gasteiger partial charge in [0.05, 0.1) is 23.4 Å². The summed E-state index contributed by atoms with van der Waals surface area (Å²) in [6.45, 7) is 0. The number of aromatic nitrogens is 4. The van der Waals surface area contributed by atoms with Gasteiger partial charge < -0.3 is 15.7 Å². The number of imidazole rings is 2. The van der Waals surface area contributed by atoms with Gasteiger partial charge in [-0.3, -0.25) is 0 Å². The van der Waals surface area contributed by atoms with Crippen molar-refractivity contribution in [1.29, 1.82) is 0 Å². The molecule has 4 N–H and O–H groups in total. The molecule has 1 unspecified atom stereocenters. The average molecular weight is 306 g/mol. The van der Waals surface area contributed by atoms with Crippen molar-refractivity contribution in [3.05, 3.63) is 46.7 Å². The van der Waals surface area contributed by atoms with Gasteiger partial charge in [-0.25, -0.2) is 9.97 Å². The van der Waals surface area contributed by atoms with Crippen LogP contribution in [0.2, 0.25) is 0 Å². The molecule has 1 atom stereocenters. The lowest BCUT2D eigenvalue weighted by Gasteiger charge is -2.06. The summed E-state index contributed by atoms with van der Waals surface area (Å²) in [4.78, 5) is 14.8. The zero-order valence-corrected chi connectivity index (χ0v) is 11.1. The molecule has 0 fully saturated rings. The van der Waals surface area contributed by atoms with Crippen LogP contribution in [0, 0.1) is 0 Å². The Morgan fingerprint density at radius 3 is 3.06 bits per heavy atom. The molecule has 92 valence electrons. The second kappa shape index (κ2) is 4.55. The second-order valence-electron chi connectivity index (χ2n) is 4.17. The van der Waals surface area contributed by atoms with Crippen LogP contribution < -0.4 is 5.73 Å². The summed E-state index contributed by atoms with van der Waals surface area (Å²) in [5.74, 6) is 0.790. The van der Waals surface area contributed by atoms with E-state index in [1.54, 1.807) is 12.5 Å². The van der Waals surface area contributed by atoms with Crippen molar-refractivity contribution in [3.8, 4) is 0 Å². The first kappa shape index (κ1) is 11.4. The lowest BCUT2D eigenvalue weighted by Crippen LogP contribution is -2.15. The highest BCUT2D eigenvalue weighted by Gasteiger charge is 2.12. The molecule has 0 amide bonds. The fourth-order valence-corrected chi connectivity index (χ4v) is 2.27. The van der Waals surface area contributed by atoms with Gasteiger partial charge in [-0.1, -0.05) is 15.9 Å². The SMILES string of the molecule is NC(Cc1cnc[nH]1)c1nc2ccc(Br)cc2[nH]1. The monoisotopic (exact) mass is 305 g/mol. The van der Waals surface area contributed by atoms with Crippen LogP contribution in [0.15, 0.2) is 35.2 Å². The summed E-state index contributed by atoms with van der Waals surface area (Å²) in [5, 5.41) is 0. The van der Waals surface area contributed by atoms with Crippen molar-refractivity contribution in [3.63, 3.8) is 0 Å². The largest absolute Gasteiger partial charge is 0.348 e. The highest BCUT2D eigenvalue weighted by atomic mass is 79.9. The smallest absolute Gasteiger partial charge is 0.124 e. The van der Waals surface area contributed by atoms with E-state index in [9.17, 15) is 0 Å². The van der Waals surface area contributed by atoms with Gasteiger partial charge in [0.15, 0.2) is 0 Å². The fraction of sp³-hybridized carbons (Fsp3) is 0.167. The van der Waals surface area contributed by atoms with Crippen molar-refractivity contribution in [2.45, 2.75) is 12.5 Å². The van der Waals surface area contributed by atoms with Crippen LogP contribution >= 0.6 is 15.9 Å². The fourth-order valence-electron chi connectivity index (χ4n) is 1.91. The van der Waals surface area contributed by atoms with Gasteiger partial charge in [-0.05, 0) is 18.2 Å². The molecule has 3 aromatic rings. The maximum atomic E-state index is 6.13. The molecule has 0 bridgehead atoms. The minimum absolute atomic E-state index is 0.170. The van der Waals surface area contributed by atoms with Crippen molar-refractivity contribution < 1.29 is 0 Å². The van der Waals surface area contributed by atoms with Crippen molar-refractivity contribution in [2.75, 3.05) is 0 Å². The molecule has 0 saturated carbocycles. The number of hydrogen-bond donors (Lipinski definition) is 3. The minimum atomic E-state index is -0.170. The molecular weight excluding hydrogens is 294 g/mol. The summed E-state index contributed by atoms with van der Waals surface area (Å²) in [6, 6.07) is 5.75. The molecule has 0 radical (unpaired) electrons. The predicted octanol–water partition coefficient (Wildman–Crippen LogP) is 2.29. The Bertz CT molecular complexity index is 658. The Labute approximate surface area is 112 Å². The van der Waals surface area contributed by atoms with E-state index in [0.29, 0.717) is 6.42 Å². The zero-order valence-electron chi connectivity index (χ0n) is 9.52. The topological polar surface area (TPSA) is 83.4 Å². The molecule has 2 aromatic heterocycles. The summed E-state index contributed by atoms with van der Waals surface area (Å²) in [6.07, 6.45) is 4.11. The number of halogens is 1. The molecule has 3 rings (SSSR count). The third kappa shape index (κ3) is 2.16. The van der Waals surface area contributed by atoms with Crippen molar-refractivity contribution >= 4 is 27.0 Å². The molecule has 0 spiro atoms. The number of rotatable bonds is 3. The standard InChI is InChI=1S/C12H12BrN5/c13-7-1-2-10-11(3-7)18-12(17-10)9(14)4-8-5-15-6-16-8/h1-3,5-6,9H,4,14H2,(H,15,16)(H,17,18). The molecule has 0 aliphatic rings. The predicted molar refractivity (Wildman–Crippen MR) is 73.0 cm³/mol. The molecule has 5 nitrogen and oxygen atoms in total. The highest BCUT2D eigenvalue weighted by Crippen LogP contribution is 2.20. The Kier molecular flexibility index (Phi) is 2.89. The number of aromatic amines is 2. The van der Waals surface area contributed by atoms with Crippen LogP contribution in [0.3, 0.4) is 0 Å². The van der Waals surface area contributed by atoms with E-state index in [2.05, 4.69) is 35.9 Å². The van der Waals surface area contributed by atoms with Crippen LogP contribution in [0.5, 0.6) is 0 Å². The number of H-pyrrole nitrogens is 2. The van der Waals surface area contributed by atoms with E-state index in [1.165, 1.54) is 0 Å². The van der Waals surface area contributed by atoms with E-state index < -0.39 is 0 Å². The van der Waals surface area contributed by atoms with E-state index in [0.717, 1.165) is 27.0 Å². The van der Waals surface area contributed by atoms with Gasteiger partial charge in [0.1, 0.15) is 5.82 Å². The van der Waals surface area contributed by atoms with Crippen molar-refractivity contribution in [2.24, 2.45) is 5.73 Å². The first-order chi connectivity index (χ1) is 8.72. The van der Waals surface area contributed by atoms with Crippen LogP contribution in [0.4, 0.5) is 0 Å². The summed E-state index contributed by atoms with van der Waals surface area (Å²) in [7, 11) is 0. The molecular formula is C12H12BrN5. The molecule has 0 saturated heterocycles. The van der Waals surface area contributed by atoms with E-state index in [-0.39, 0.29) is 6.04 Å². The molecule has 1 aromatic carbocycles. The molecule has 0 aliphatic carbocycles. The van der Waals surface area contributed by atoms with E-state index in [4.69, 9.17) is 5.73 Å². The number of benzene rings is 1. The first-order valence-electron chi connectivity index (χ1n) is 5.60. The number of nitrogens with zero attached hydrogens (tertiary/aromatic N) is 2. The number of hydrogen-bond acceptors (Lipinski definition) is 3. The Balaban J connectivity index is 1.89. The van der Waals surface area contributed by atoms with E-state index in [1.807, 2.05) is 18.2 Å². The van der Waals surface area contributed by atoms with Crippen LogP contribution in [-0.4, -0.2) is 19.9 Å². The maximum Gasteiger partial charge on any atom is 0.124 e. The minimum Gasteiger partial charge on any atom is -0.348 e. The van der Waals surface area contributed by atoms with Gasteiger partial charge in [0.2, 0.25) is 0 Å². The highest BCUT2D eigenvalue weighted by molar-refractivity contribution is 9.10. The number of nitrogens with one attached hydrogen (secondary N) is 2. The lowest BCUT2D eigenvalue weighted by atomic mass is 10.2. The molecule has 6 heteroatoms. The maximum absolute atomic E-state index is 6.13. The zero-order chi connectivity index (χ0) is 12.5. The van der Waals surface area contributed by atoms with Gasteiger partial charge in [-0.2, -0.15) is 0 Å². The summed E-state index contributed by atoms with van der Waals surface area (Å²) in [5.41, 5.74) is 9.05. The van der Waals surface area contributed by atoms with E-state index >= 15 is 0 Å². The Hall–Kier alpha value is -1.66. The van der Waals surface area contributed by atoms with Crippen LogP contribution in [0.25, 0.3) is 11.0 Å². The third-order valence-corrected chi connectivity index (χ3v) is 3.30. The van der Waals surface area contributed by atoms with Gasteiger partial charge in [0.25, 0.3) is 0 Å². The summed E-state index contributed by atoms with van der Waals surface area (Å²) < 4.78 is 1.02. The van der Waals surface area contributed by atoms with Crippen LogP contribution in [0.1, 0.15) is 17.6 Å². The quantitative estimate of drug-likeness (QED) is 0.694. The summed E-state index contributed by atoms with van der Waals surface area (Å²) >= 11 is 3.43. The van der Waals surface area contributed by atoms with Crippen molar-refractivity contribution in [1.82, 2.24) is 19.9 Å². The number of fused-ring (bicyclic) bond motifs is 1. The van der Waals surface area contributed by atoms with Gasteiger partial charge >= 0.3 is 0 Å².